The molecule has 1 aliphatic carbocycles. The Morgan fingerprint density at radius 1 is 1.39 bits per heavy atom. The number of rotatable bonds is 3. The van der Waals surface area contributed by atoms with Gasteiger partial charge in [-0.3, -0.25) is 4.79 Å². The first kappa shape index (κ1) is 13.1. The van der Waals surface area contributed by atoms with Crippen molar-refractivity contribution < 1.29 is 9.32 Å². The van der Waals surface area contributed by atoms with Crippen molar-refractivity contribution in [1.29, 1.82) is 0 Å². The SMILES string of the molecule is Cc1noc(C)c1C(=O)NCC1(N)CCCCC1. The smallest absolute Gasteiger partial charge is 0.256 e. The molecule has 0 unspecified atom stereocenters. The molecule has 0 bridgehead atoms. The first-order chi connectivity index (χ1) is 8.52. The van der Waals surface area contributed by atoms with Crippen molar-refractivity contribution >= 4 is 5.91 Å². The summed E-state index contributed by atoms with van der Waals surface area (Å²) in [6.45, 7) is 4.04. The van der Waals surface area contributed by atoms with Crippen LogP contribution in [0.15, 0.2) is 4.52 Å². The minimum absolute atomic E-state index is 0.137. The van der Waals surface area contributed by atoms with Crippen molar-refractivity contribution in [3.8, 4) is 0 Å². The zero-order valence-electron chi connectivity index (χ0n) is 11.1. The quantitative estimate of drug-likeness (QED) is 0.856. The lowest BCUT2D eigenvalue weighted by Gasteiger charge is -2.33. The zero-order valence-corrected chi connectivity index (χ0v) is 11.1. The summed E-state index contributed by atoms with van der Waals surface area (Å²) < 4.78 is 4.99. The fourth-order valence-corrected chi connectivity index (χ4v) is 2.58. The van der Waals surface area contributed by atoms with E-state index in [1.807, 2.05) is 0 Å². The van der Waals surface area contributed by atoms with E-state index in [0.29, 0.717) is 23.6 Å². The second kappa shape index (κ2) is 5.10. The molecule has 100 valence electrons. The molecule has 1 aromatic rings. The molecule has 0 radical (unpaired) electrons. The van der Waals surface area contributed by atoms with Gasteiger partial charge in [-0.1, -0.05) is 24.4 Å². The molecule has 1 amide bonds. The lowest BCUT2D eigenvalue weighted by molar-refractivity contribution is 0.0935. The van der Waals surface area contributed by atoms with E-state index in [9.17, 15) is 4.79 Å². The third-order valence-corrected chi connectivity index (χ3v) is 3.71. The summed E-state index contributed by atoms with van der Waals surface area (Å²) in [6.07, 6.45) is 5.51. The maximum atomic E-state index is 12.1. The van der Waals surface area contributed by atoms with Crippen molar-refractivity contribution in [2.45, 2.75) is 51.5 Å². The van der Waals surface area contributed by atoms with Crippen LogP contribution in [0.3, 0.4) is 0 Å². The summed E-state index contributed by atoms with van der Waals surface area (Å²) in [5.41, 5.74) is 7.20. The van der Waals surface area contributed by atoms with Crippen LogP contribution >= 0.6 is 0 Å². The number of amides is 1. The number of hydrogen-bond donors (Lipinski definition) is 2. The molecule has 1 aliphatic rings. The van der Waals surface area contributed by atoms with Crippen LogP contribution in [0.1, 0.15) is 53.9 Å². The highest BCUT2D eigenvalue weighted by Crippen LogP contribution is 2.25. The van der Waals surface area contributed by atoms with E-state index in [1.165, 1.54) is 6.42 Å². The number of nitrogens with zero attached hydrogens (tertiary/aromatic N) is 1. The van der Waals surface area contributed by atoms with Crippen LogP contribution in [-0.2, 0) is 0 Å². The zero-order chi connectivity index (χ0) is 13.2. The van der Waals surface area contributed by atoms with Gasteiger partial charge in [-0.05, 0) is 26.7 Å². The summed E-state index contributed by atoms with van der Waals surface area (Å²) >= 11 is 0. The molecule has 0 atom stereocenters. The van der Waals surface area contributed by atoms with Crippen LogP contribution in [0.2, 0.25) is 0 Å². The van der Waals surface area contributed by atoms with Crippen LogP contribution in [0, 0.1) is 13.8 Å². The summed E-state index contributed by atoms with van der Waals surface area (Å²) in [5.74, 6) is 0.418. The van der Waals surface area contributed by atoms with Crippen molar-refractivity contribution in [2.24, 2.45) is 5.73 Å². The van der Waals surface area contributed by atoms with Crippen LogP contribution in [0.25, 0.3) is 0 Å². The predicted octanol–water partition coefficient (Wildman–Crippen LogP) is 1.68. The second-order valence-corrected chi connectivity index (χ2v) is 5.30. The highest BCUT2D eigenvalue weighted by Gasteiger charge is 2.28. The molecule has 3 N–H and O–H groups in total. The Kier molecular flexibility index (Phi) is 3.71. The molecule has 5 nitrogen and oxygen atoms in total. The lowest BCUT2D eigenvalue weighted by atomic mass is 9.82. The molecule has 0 aromatic carbocycles. The summed E-state index contributed by atoms with van der Waals surface area (Å²) in [4.78, 5) is 12.1. The van der Waals surface area contributed by atoms with Crippen molar-refractivity contribution in [2.75, 3.05) is 6.54 Å². The summed E-state index contributed by atoms with van der Waals surface area (Å²) in [5, 5.41) is 6.70. The summed E-state index contributed by atoms with van der Waals surface area (Å²) in [7, 11) is 0. The Morgan fingerprint density at radius 3 is 2.61 bits per heavy atom. The lowest BCUT2D eigenvalue weighted by Crippen LogP contribution is -2.51. The fraction of sp³-hybridized carbons (Fsp3) is 0.692. The van der Waals surface area contributed by atoms with Gasteiger partial charge in [0, 0.05) is 12.1 Å². The first-order valence-electron chi connectivity index (χ1n) is 6.52. The van der Waals surface area contributed by atoms with Gasteiger partial charge in [0.05, 0.1) is 5.69 Å². The molecule has 2 rings (SSSR count). The van der Waals surface area contributed by atoms with Gasteiger partial charge >= 0.3 is 0 Å². The van der Waals surface area contributed by atoms with E-state index < -0.39 is 0 Å². The number of nitrogens with one attached hydrogen (secondary N) is 1. The average Bonchev–Trinajstić information content (AvgIpc) is 2.67. The van der Waals surface area contributed by atoms with Gasteiger partial charge in [0.1, 0.15) is 11.3 Å². The minimum Gasteiger partial charge on any atom is -0.361 e. The molecule has 1 heterocycles. The van der Waals surface area contributed by atoms with Gasteiger partial charge in [0.25, 0.3) is 5.91 Å². The molecule has 0 spiro atoms. The third kappa shape index (κ3) is 2.72. The third-order valence-electron chi connectivity index (χ3n) is 3.71. The number of carbonyl (C=O) groups excluding carboxylic acids is 1. The fourth-order valence-electron chi connectivity index (χ4n) is 2.58. The van der Waals surface area contributed by atoms with E-state index in [1.54, 1.807) is 13.8 Å². The van der Waals surface area contributed by atoms with E-state index in [-0.39, 0.29) is 11.4 Å². The van der Waals surface area contributed by atoms with Gasteiger partial charge in [-0.15, -0.1) is 0 Å². The number of aromatic nitrogens is 1. The van der Waals surface area contributed by atoms with Crippen LogP contribution < -0.4 is 11.1 Å². The number of aryl methyl sites for hydroxylation is 2. The van der Waals surface area contributed by atoms with Crippen LogP contribution in [0.4, 0.5) is 0 Å². The Balaban J connectivity index is 1.96. The first-order valence-corrected chi connectivity index (χ1v) is 6.52. The van der Waals surface area contributed by atoms with Gasteiger partial charge in [-0.25, -0.2) is 0 Å². The molecule has 18 heavy (non-hydrogen) atoms. The standard InChI is InChI=1S/C13H21N3O2/c1-9-11(10(2)18-16-9)12(17)15-8-13(14)6-4-3-5-7-13/h3-8,14H2,1-2H3,(H,15,17). The number of nitrogens with two attached hydrogens (primary N) is 1. The number of hydrogen-bond acceptors (Lipinski definition) is 4. The summed E-state index contributed by atoms with van der Waals surface area (Å²) in [6, 6.07) is 0. The van der Waals surface area contributed by atoms with E-state index in [4.69, 9.17) is 10.3 Å². The molecule has 0 saturated heterocycles. The second-order valence-electron chi connectivity index (χ2n) is 5.30. The Morgan fingerprint density at radius 2 is 2.06 bits per heavy atom. The van der Waals surface area contributed by atoms with Gasteiger partial charge in [0.2, 0.25) is 0 Å². The van der Waals surface area contributed by atoms with Crippen molar-refractivity contribution in [3.63, 3.8) is 0 Å². The topological polar surface area (TPSA) is 81.2 Å². The van der Waals surface area contributed by atoms with E-state index in [2.05, 4.69) is 10.5 Å². The molecule has 1 fully saturated rings. The van der Waals surface area contributed by atoms with Gasteiger partial charge < -0.3 is 15.6 Å². The Labute approximate surface area is 107 Å². The van der Waals surface area contributed by atoms with Crippen molar-refractivity contribution in [3.05, 3.63) is 17.0 Å². The van der Waals surface area contributed by atoms with E-state index in [0.717, 1.165) is 25.7 Å². The molecule has 1 aromatic heterocycles. The van der Waals surface area contributed by atoms with Gasteiger partial charge in [-0.2, -0.15) is 0 Å². The highest BCUT2D eigenvalue weighted by molar-refractivity contribution is 5.96. The van der Waals surface area contributed by atoms with Crippen LogP contribution in [0.5, 0.6) is 0 Å². The highest BCUT2D eigenvalue weighted by atomic mass is 16.5. The van der Waals surface area contributed by atoms with Crippen molar-refractivity contribution in [1.82, 2.24) is 10.5 Å². The monoisotopic (exact) mass is 251 g/mol. The Hall–Kier alpha value is -1.36. The van der Waals surface area contributed by atoms with E-state index >= 15 is 0 Å². The molecule has 1 saturated carbocycles. The molecule has 0 aliphatic heterocycles. The minimum atomic E-state index is -0.243. The predicted molar refractivity (Wildman–Crippen MR) is 68.3 cm³/mol. The largest absolute Gasteiger partial charge is 0.361 e. The van der Waals surface area contributed by atoms with Gasteiger partial charge in [0.15, 0.2) is 0 Å². The number of carbonyl (C=O) groups is 1. The molecular weight excluding hydrogens is 230 g/mol. The van der Waals surface area contributed by atoms with Crippen LogP contribution in [-0.4, -0.2) is 23.1 Å². The molecule has 5 heteroatoms. The normalized spacial score (nSPS) is 18.6. The maximum Gasteiger partial charge on any atom is 0.256 e. The Bertz CT molecular complexity index is 414. The molecular formula is C13H21N3O2. The average molecular weight is 251 g/mol. The maximum absolute atomic E-state index is 12.1.